The van der Waals surface area contributed by atoms with Gasteiger partial charge in [0.2, 0.25) is 5.71 Å². The molecule has 0 radical (unpaired) electrons. The molecule has 0 fully saturated rings. The molecule has 0 bridgehead atoms. The molecule has 3 nitrogen and oxygen atoms in total. The minimum atomic E-state index is -0.753. The van der Waals surface area contributed by atoms with Crippen molar-refractivity contribution in [1.82, 2.24) is 9.97 Å². The number of nitrogens with zero attached hydrogens (tertiary/aromatic N) is 2. The zero-order valence-electron chi connectivity index (χ0n) is 13.5. The first kappa shape index (κ1) is 11.9. The third-order valence-corrected chi connectivity index (χ3v) is 3.82. The number of aromatic nitrogens is 2. The smallest absolute Gasteiger partial charge is 0.227 e. The van der Waals surface area contributed by atoms with Gasteiger partial charge in [0.05, 0.1) is 5.69 Å². The molecule has 0 saturated carbocycles. The van der Waals surface area contributed by atoms with Crippen molar-refractivity contribution in [2.45, 2.75) is 19.7 Å². The Labute approximate surface area is 130 Å². The van der Waals surface area contributed by atoms with E-state index < -0.39 is 5.89 Å². The average molecular weight is 289 g/mol. The molecule has 3 heterocycles. The Morgan fingerprint density at radius 3 is 2.68 bits per heavy atom. The summed E-state index contributed by atoms with van der Waals surface area (Å²) in [6.07, 6.45) is 1.77. The first-order valence-electron chi connectivity index (χ1n) is 7.78. The summed E-state index contributed by atoms with van der Waals surface area (Å²) in [4.78, 5) is 8.96. The summed E-state index contributed by atoms with van der Waals surface area (Å²) >= 11 is 0. The predicted octanol–water partition coefficient (Wildman–Crippen LogP) is 5.17. The van der Waals surface area contributed by atoms with E-state index in [0.29, 0.717) is 11.4 Å². The third kappa shape index (κ3) is 1.98. The molecule has 0 amide bonds. The molecule has 22 heavy (non-hydrogen) atoms. The molecule has 0 aliphatic carbocycles. The zero-order valence-corrected chi connectivity index (χ0v) is 12.5. The van der Waals surface area contributed by atoms with Gasteiger partial charge in [-0.2, -0.15) is 0 Å². The normalized spacial score (nSPS) is 12.7. The van der Waals surface area contributed by atoms with Gasteiger partial charge in [-0.15, -0.1) is 0 Å². The monoisotopic (exact) mass is 289 g/mol. The van der Waals surface area contributed by atoms with E-state index in [2.05, 4.69) is 9.97 Å². The quantitative estimate of drug-likeness (QED) is 0.511. The maximum atomic E-state index is 8.15. The molecule has 108 valence electrons. The maximum absolute atomic E-state index is 8.15. The molecule has 0 unspecified atom stereocenters. The van der Waals surface area contributed by atoms with Crippen LogP contribution in [0.1, 0.15) is 26.8 Å². The topological polar surface area (TPSA) is 38.9 Å². The Bertz CT molecular complexity index is 1000. The molecule has 4 rings (SSSR count). The summed E-state index contributed by atoms with van der Waals surface area (Å²) in [6.45, 7) is 3.65. The second-order valence-corrected chi connectivity index (χ2v) is 5.55. The fourth-order valence-corrected chi connectivity index (χ4v) is 2.68. The molecule has 0 atom stereocenters. The third-order valence-electron chi connectivity index (χ3n) is 3.82. The highest BCUT2D eigenvalue weighted by atomic mass is 16.3. The zero-order chi connectivity index (χ0) is 16.0. The minimum Gasteiger partial charge on any atom is -0.437 e. The van der Waals surface area contributed by atoms with Gasteiger partial charge in [0.15, 0.2) is 0 Å². The van der Waals surface area contributed by atoms with Gasteiger partial charge < -0.3 is 4.42 Å². The highest BCUT2D eigenvalue weighted by molar-refractivity contribution is 6.08. The number of rotatable bonds is 2. The van der Waals surface area contributed by atoms with Crippen molar-refractivity contribution in [2.24, 2.45) is 0 Å². The van der Waals surface area contributed by atoms with E-state index in [0.717, 1.165) is 27.6 Å². The Hall–Kier alpha value is -2.68. The lowest BCUT2D eigenvalue weighted by atomic mass is 10.1. The number of hydrogen-bond donors (Lipinski definition) is 0. The van der Waals surface area contributed by atoms with Crippen molar-refractivity contribution in [3.05, 3.63) is 60.4 Å². The average Bonchev–Trinajstić information content (AvgIpc) is 2.92. The number of para-hydroxylation sites is 1. The first-order chi connectivity index (χ1) is 11.0. The van der Waals surface area contributed by atoms with Crippen LogP contribution in [0.3, 0.4) is 0 Å². The van der Waals surface area contributed by atoms with E-state index in [-0.39, 0.29) is 0 Å². The Morgan fingerprint density at radius 1 is 1.00 bits per heavy atom. The summed E-state index contributed by atoms with van der Waals surface area (Å²) in [6, 6.07) is 15.7. The van der Waals surface area contributed by atoms with Gasteiger partial charge in [0.1, 0.15) is 5.58 Å². The molecule has 0 spiro atoms. The van der Waals surface area contributed by atoms with Crippen LogP contribution in [0.4, 0.5) is 0 Å². The summed E-state index contributed by atoms with van der Waals surface area (Å²) in [5.41, 5.74) is 3.88. The van der Waals surface area contributed by atoms with E-state index in [9.17, 15) is 0 Å². The fourth-order valence-electron chi connectivity index (χ4n) is 2.68. The lowest BCUT2D eigenvalue weighted by molar-refractivity contribution is 0.648. The maximum Gasteiger partial charge on any atom is 0.227 e. The number of benzene rings is 1. The highest BCUT2D eigenvalue weighted by Gasteiger charge is 2.14. The molecule has 1 aromatic carbocycles. The summed E-state index contributed by atoms with van der Waals surface area (Å²) < 4.78 is 14.2. The summed E-state index contributed by atoms with van der Waals surface area (Å²) in [7, 11) is 0. The second kappa shape index (κ2) is 4.95. The van der Waals surface area contributed by atoms with Crippen molar-refractivity contribution in [2.75, 3.05) is 0 Å². The number of furan rings is 1. The second-order valence-electron chi connectivity index (χ2n) is 5.55. The van der Waals surface area contributed by atoms with E-state index >= 15 is 0 Å². The molecule has 0 saturated heterocycles. The first-order valence-corrected chi connectivity index (χ1v) is 7.28. The van der Waals surface area contributed by atoms with Crippen LogP contribution in [0.2, 0.25) is 0 Å². The highest BCUT2D eigenvalue weighted by Crippen LogP contribution is 2.34. The predicted molar refractivity (Wildman–Crippen MR) is 88.8 cm³/mol. The molecular formula is C19H16N2O. The van der Waals surface area contributed by atoms with Crippen LogP contribution in [0.5, 0.6) is 0 Å². The van der Waals surface area contributed by atoms with Gasteiger partial charge in [-0.1, -0.05) is 32.0 Å². The van der Waals surface area contributed by atoms with E-state index in [1.807, 2.05) is 62.4 Å². The van der Waals surface area contributed by atoms with Crippen molar-refractivity contribution in [1.29, 1.82) is 0 Å². The summed E-state index contributed by atoms with van der Waals surface area (Å²) in [5.74, 6) is -0.753. The molecule has 0 aliphatic heterocycles. The molecule has 3 aromatic heterocycles. The minimum absolute atomic E-state index is 0.571. The van der Waals surface area contributed by atoms with Crippen molar-refractivity contribution in [3.63, 3.8) is 0 Å². The molecule has 3 heteroatoms. The Balaban J connectivity index is 2.01. The van der Waals surface area contributed by atoms with Crippen molar-refractivity contribution >= 4 is 22.1 Å². The van der Waals surface area contributed by atoms with E-state index in [4.69, 9.17) is 5.79 Å². The molecule has 4 aromatic rings. The van der Waals surface area contributed by atoms with Crippen LogP contribution < -0.4 is 0 Å². The summed E-state index contributed by atoms with van der Waals surface area (Å²) in [5, 5.41) is 1.98. The standard InChI is InChI=1S/C19H16N2O/c1-12(2)16-10-9-14-13-6-5-7-15(17-8-3-4-11-20-17)18(13)22-19(14)21-16/h3-12H,1-2H3/i12D. The Kier molecular flexibility index (Phi) is 2.68. The number of pyridine rings is 2. The molecule has 0 aliphatic rings. The van der Waals surface area contributed by atoms with Crippen LogP contribution in [0, 0.1) is 0 Å². The van der Waals surface area contributed by atoms with Crippen LogP contribution in [0.15, 0.2) is 59.1 Å². The van der Waals surface area contributed by atoms with Gasteiger partial charge in [-0.3, -0.25) is 4.98 Å². The van der Waals surface area contributed by atoms with Gasteiger partial charge in [0.25, 0.3) is 0 Å². The van der Waals surface area contributed by atoms with Gasteiger partial charge in [-0.25, -0.2) is 4.98 Å². The van der Waals surface area contributed by atoms with Gasteiger partial charge >= 0.3 is 0 Å². The SMILES string of the molecule is [2H]C(C)(C)c1ccc2c(n1)oc1c(-c3ccccn3)cccc12. The lowest BCUT2D eigenvalue weighted by Gasteiger charge is -2.02. The number of fused-ring (bicyclic) bond motifs is 3. The van der Waals surface area contributed by atoms with E-state index in [1.165, 1.54) is 0 Å². The lowest BCUT2D eigenvalue weighted by Crippen LogP contribution is -1.90. The molecular weight excluding hydrogens is 272 g/mol. The van der Waals surface area contributed by atoms with Crippen LogP contribution in [-0.2, 0) is 0 Å². The van der Waals surface area contributed by atoms with Crippen LogP contribution in [0.25, 0.3) is 33.3 Å². The van der Waals surface area contributed by atoms with Crippen molar-refractivity contribution in [3.8, 4) is 11.3 Å². The van der Waals surface area contributed by atoms with Crippen LogP contribution in [-0.4, -0.2) is 9.97 Å². The van der Waals surface area contributed by atoms with Crippen LogP contribution >= 0.6 is 0 Å². The van der Waals surface area contributed by atoms with Gasteiger partial charge in [-0.05, 0) is 36.2 Å². The fraction of sp³-hybridized carbons (Fsp3) is 0.158. The van der Waals surface area contributed by atoms with Crippen molar-refractivity contribution < 1.29 is 5.79 Å². The van der Waals surface area contributed by atoms with Gasteiger partial charge in [0, 0.05) is 29.6 Å². The van der Waals surface area contributed by atoms with E-state index in [1.54, 1.807) is 6.20 Å². The Morgan fingerprint density at radius 2 is 1.91 bits per heavy atom. The number of hydrogen-bond acceptors (Lipinski definition) is 3. The molecule has 0 N–H and O–H groups in total. The largest absolute Gasteiger partial charge is 0.437 e.